The van der Waals surface area contributed by atoms with E-state index in [2.05, 4.69) is 20.2 Å². The van der Waals surface area contributed by atoms with Crippen LogP contribution in [0.3, 0.4) is 0 Å². The largest absolute Gasteiger partial charge is 0.493 e. The zero-order valence-electron chi connectivity index (χ0n) is 24.8. The molecule has 14 heteroatoms. The molecule has 0 saturated carbocycles. The van der Waals surface area contributed by atoms with Crippen molar-refractivity contribution >= 4 is 39.5 Å². The smallest absolute Gasteiger partial charge is 0.264 e. The predicted octanol–water partition coefficient (Wildman–Crippen LogP) is 3.91. The second-order valence-electron chi connectivity index (χ2n) is 11.5. The fourth-order valence-electron chi connectivity index (χ4n) is 5.46. The van der Waals surface area contributed by atoms with Crippen LogP contribution in [0.15, 0.2) is 30.6 Å². The van der Waals surface area contributed by atoms with Gasteiger partial charge in [-0.15, -0.1) is 0 Å². The van der Waals surface area contributed by atoms with E-state index in [0.717, 1.165) is 45.2 Å². The van der Waals surface area contributed by atoms with Crippen LogP contribution in [0.2, 0.25) is 5.02 Å². The maximum atomic E-state index is 14.7. The van der Waals surface area contributed by atoms with Gasteiger partial charge in [0, 0.05) is 38.8 Å². The predicted molar refractivity (Wildman–Crippen MR) is 165 cm³/mol. The third kappa shape index (κ3) is 10.8. The lowest BCUT2D eigenvalue weighted by Crippen LogP contribution is -2.56. The number of hydrogen-bond acceptors (Lipinski definition) is 8. The molecule has 0 unspecified atom stereocenters. The average molecular weight is 654 g/mol. The molecule has 2 aromatic rings. The molecule has 4 rings (SSSR count). The van der Waals surface area contributed by atoms with Crippen molar-refractivity contribution in [3.05, 3.63) is 47.0 Å². The summed E-state index contributed by atoms with van der Waals surface area (Å²) in [5, 5.41) is 3.36. The zero-order chi connectivity index (χ0) is 31.5. The van der Waals surface area contributed by atoms with Gasteiger partial charge in [0.05, 0.1) is 42.1 Å². The Morgan fingerprint density at radius 2 is 1.77 bits per heavy atom. The molecule has 0 spiro atoms. The summed E-state index contributed by atoms with van der Waals surface area (Å²) >= 11 is 5.87. The molecule has 0 aliphatic carbocycles. The molecule has 44 heavy (non-hydrogen) atoms. The topological polar surface area (TPSA) is 142 Å². The number of nitrogens with zero attached hydrogens (tertiary/aromatic N) is 4. The normalized spacial score (nSPS) is 16.1. The zero-order valence-corrected chi connectivity index (χ0v) is 26.4. The summed E-state index contributed by atoms with van der Waals surface area (Å²) in [7, 11) is -3.92. The van der Waals surface area contributed by atoms with Crippen molar-refractivity contribution in [1.29, 1.82) is 0 Å². The van der Waals surface area contributed by atoms with Gasteiger partial charge in [0.15, 0.2) is 0 Å². The van der Waals surface area contributed by atoms with Gasteiger partial charge >= 0.3 is 0 Å². The molecule has 2 aliphatic rings. The first-order valence-electron chi connectivity index (χ1n) is 15.2. The summed E-state index contributed by atoms with van der Waals surface area (Å²) in [4.78, 5) is 37.2. The number of hydrogen-bond donors (Lipinski definition) is 2. The molecule has 1 aromatic heterocycles. The molecule has 242 valence electrons. The molecule has 0 atom stereocenters. The Morgan fingerprint density at radius 3 is 2.45 bits per heavy atom. The Balaban J connectivity index is 1.06. The molecule has 2 amide bonds. The van der Waals surface area contributed by atoms with Crippen LogP contribution in [-0.4, -0.2) is 84.7 Å². The number of piperidine rings is 1. The highest BCUT2D eigenvalue weighted by Crippen LogP contribution is 2.25. The second kappa shape index (κ2) is 16.3. The maximum Gasteiger partial charge on any atom is 0.264 e. The standard InChI is InChI=1S/C30H41ClFN5O6S/c31-25-18-34-30(35-19-25)36-12-9-22(10-13-36)6-5-14-43-26-8-7-23(27(32)17-26)16-28(38)37-20-24(21-37)29(39)33-11-3-1-2-4-15-44(40,41)42/h7-8,17-19,22,24H,1-6,9-16,20-21H2,(H,33,39)(H,40,41,42). The molecular formula is C30H41ClFN5O6S. The quantitative estimate of drug-likeness (QED) is 0.204. The molecule has 2 saturated heterocycles. The molecule has 1 aromatic carbocycles. The van der Waals surface area contributed by atoms with Gasteiger partial charge in [-0.2, -0.15) is 8.42 Å². The number of anilines is 1. The summed E-state index contributed by atoms with van der Waals surface area (Å²) < 4.78 is 50.6. The Bertz CT molecular complexity index is 1350. The van der Waals surface area contributed by atoms with E-state index >= 15 is 0 Å². The third-order valence-electron chi connectivity index (χ3n) is 8.13. The number of nitrogens with one attached hydrogen (secondary N) is 1. The third-order valence-corrected chi connectivity index (χ3v) is 9.13. The van der Waals surface area contributed by atoms with E-state index in [1.807, 2.05) is 0 Å². The van der Waals surface area contributed by atoms with E-state index in [1.54, 1.807) is 29.4 Å². The van der Waals surface area contributed by atoms with Crippen molar-refractivity contribution in [2.24, 2.45) is 11.8 Å². The Morgan fingerprint density at radius 1 is 1.07 bits per heavy atom. The number of carbonyl (C=O) groups excluding carboxylic acids is 2. The van der Waals surface area contributed by atoms with Gasteiger partial charge in [-0.25, -0.2) is 14.4 Å². The number of unbranched alkanes of at least 4 members (excludes halogenated alkanes) is 3. The fourth-order valence-corrected chi connectivity index (χ4v) is 6.12. The van der Waals surface area contributed by atoms with E-state index in [1.165, 1.54) is 6.07 Å². The number of aromatic nitrogens is 2. The minimum absolute atomic E-state index is 0.0796. The van der Waals surface area contributed by atoms with Gasteiger partial charge in [0.1, 0.15) is 11.6 Å². The van der Waals surface area contributed by atoms with E-state index in [0.29, 0.717) is 73.7 Å². The SMILES string of the molecule is O=C(NCCCCCCS(=O)(=O)O)C1CN(C(=O)Cc2ccc(OCCCC3CCN(c4ncc(Cl)cn4)CC3)cc2F)C1. The van der Waals surface area contributed by atoms with Crippen LogP contribution < -0.4 is 15.0 Å². The number of benzene rings is 1. The van der Waals surface area contributed by atoms with Gasteiger partial charge in [0.2, 0.25) is 17.8 Å². The van der Waals surface area contributed by atoms with Crippen LogP contribution in [0.4, 0.5) is 10.3 Å². The summed E-state index contributed by atoms with van der Waals surface area (Å²) in [6.45, 7) is 3.36. The monoisotopic (exact) mass is 653 g/mol. The Labute approximate surface area is 263 Å². The van der Waals surface area contributed by atoms with Gasteiger partial charge < -0.3 is 19.9 Å². The van der Waals surface area contributed by atoms with Crippen LogP contribution in [0, 0.1) is 17.7 Å². The van der Waals surface area contributed by atoms with Crippen molar-refractivity contribution in [2.75, 3.05) is 50.0 Å². The van der Waals surface area contributed by atoms with Crippen molar-refractivity contribution in [1.82, 2.24) is 20.2 Å². The Hall–Kier alpha value is -3.03. The van der Waals surface area contributed by atoms with Crippen molar-refractivity contribution < 1.29 is 31.7 Å². The molecule has 0 radical (unpaired) electrons. The van der Waals surface area contributed by atoms with Crippen LogP contribution in [0.25, 0.3) is 0 Å². The van der Waals surface area contributed by atoms with Crippen molar-refractivity contribution in [2.45, 2.75) is 57.8 Å². The molecule has 2 N–H and O–H groups in total. The first-order chi connectivity index (χ1) is 21.1. The molecule has 2 fully saturated rings. The van der Waals surface area contributed by atoms with E-state index in [4.69, 9.17) is 20.9 Å². The lowest BCUT2D eigenvalue weighted by Gasteiger charge is -2.38. The lowest BCUT2D eigenvalue weighted by atomic mass is 9.92. The van der Waals surface area contributed by atoms with Crippen molar-refractivity contribution in [3.8, 4) is 5.75 Å². The molecule has 11 nitrogen and oxygen atoms in total. The van der Waals surface area contributed by atoms with Crippen LogP contribution in [0.5, 0.6) is 5.75 Å². The summed E-state index contributed by atoms with van der Waals surface area (Å²) in [6, 6.07) is 4.59. The average Bonchev–Trinajstić information content (AvgIpc) is 2.95. The van der Waals surface area contributed by atoms with E-state index in [-0.39, 0.29) is 29.9 Å². The highest BCUT2D eigenvalue weighted by molar-refractivity contribution is 7.85. The minimum Gasteiger partial charge on any atom is -0.493 e. The first kappa shape index (κ1) is 33.9. The highest BCUT2D eigenvalue weighted by atomic mass is 35.5. The van der Waals surface area contributed by atoms with Gasteiger partial charge in [-0.1, -0.05) is 30.5 Å². The first-order valence-corrected chi connectivity index (χ1v) is 17.2. The maximum absolute atomic E-state index is 14.7. The summed E-state index contributed by atoms with van der Waals surface area (Å²) in [5.41, 5.74) is 0.292. The van der Waals surface area contributed by atoms with Crippen LogP contribution in [-0.2, 0) is 26.1 Å². The summed E-state index contributed by atoms with van der Waals surface area (Å²) in [5.74, 6) is 0.358. The number of carbonyl (C=O) groups is 2. The van der Waals surface area contributed by atoms with Gasteiger partial charge in [-0.3, -0.25) is 14.1 Å². The van der Waals surface area contributed by atoms with E-state index in [9.17, 15) is 22.4 Å². The van der Waals surface area contributed by atoms with Crippen molar-refractivity contribution in [3.63, 3.8) is 0 Å². The number of ether oxygens (including phenoxy) is 1. The van der Waals surface area contributed by atoms with Gasteiger partial charge in [-0.05, 0) is 56.1 Å². The molecule has 2 aliphatic heterocycles. The van der Waals surface area contributed by atoms with Gasteiger partial charge in [0.25, 0.3) is 10.1 Å². The number of likely N-dealkylation sites (tertiary alicyclic amines) is 1. The fraction of sp³-hybridized carbons (Fsp3) is 0.600. The molecular weight excluding hydrogens is 613 g/mol. The van der Waals surface area contributed by atoms with Crippen LogP contribution in [0.1, 0.15) is 56.9 Å². The highest BCUT2D eigenvalue weighted by Gasteiger charge is 2.35. The summed E-state index contributed by atoms with van der Waals surface area (Å²) in [6.07, 6.45) is 9.61. The molecule has 3 heterocycles. The lowest BCUT2D eigenvalue weighted by molar-refractivity contribution is -0.142. The molecule has 0 bridgehead atoms. The Kier molecular flexibility index (Phi) is 12.6. The number of rotatable bonds is 16. The van der Waals surface area contributed by atoms with Crippen LogP contribution >= 0.6 is 11.6 Å². The van der Waals surface area contributed by atoms with E-state index < -0.39 is 15.9 Å². The second-order valence-corrected chi connectivity index (χ2v) is 13.5. The minimum atomic E-state index is -3.92. The number of halogens is 2. The number of amides is 2.